The molecular weight excluding hydrogens is 332 g/mol. The number of benzene rings is 1. The third-order valence-corrected chi connectivity index (χ3v) is 4.03. The molecule has 136 valence electrons. The Kier molecular flexibility index (Phi) is 5.31. The number of rotatable bonds is 7. The zero-order valence-electron chi connectivity index (χ0n) is 15.1. The summed E-state index contributed by atoms with van der Waals surface area (Å²) < 4.78 is 12.8. The van der Waals surface area contributed by atoms with Crippen LogP contribution in [0.4, 0.5) is 5.82 Å². The minimum absolute atomic E-state index is 0.343. The van der Waals surface area contributed by atoms with E-state index in [2.05, 4.69) is 27.2 Å². The second-order valence-corrected chi connectivity index (χ2v) is 5.79. The van der Waals surface area contributed by atoms with Crippen molar-refractivity contribution in [1.82, 2.24) is 25.0 Å². The second kappa shape index (κ2) is 7.81. The average molecular weight is 354 g/mol. The summed E-state index contributed by atoms with van der Waals surface area (Å²) in [6.07, 6.45) is 2.51. The molecule has 0 aliphatic heterocycles. The highest BCUT2D eigenvalue weighted by Gasteiger charge is 2.14. The number of hydrogen-bond donors (Lipinski definition) is 1. The highest BCUT2D eigenvalue weighted by atomic mass is 16.5. The number of aryl methyl sites for hydroxylation is 1. The third kappa shape index (κ3) is 3.90. The Labute approximate surface area is 152 Å². The van der Waals surface area contributed by atoms with E-state index >= 15 is 0 Å². The van der Waals surface area contributed by atoms with Crippen LogP contribution in [0.2, 0.25) is 0 Å². The van der Waals surface area contributed by atoms with Gasteiger partial charge in [-0.25, -0.2) is 14.6 Å². The van der Waals surface area contributed by atoms with E-state index in [4.69, 9.17) is 15.2 Å². The van der Waals surface area contributed by atoms with E-state index in [1.54, 1.807) is 13.3 Å². The standard InChI is InChI=1S/C18H22N6O2/c1-4-17-16(11-26-15-7-5-14(25-3)6-8-15)22-23-24(17)10-13-9-20-12(2)21-18(13)19/h5-9H,4,10-11H2,1-3H3,(H2,19,20,21). The third-order valence-electron chi connectivity index (χ3n) is 4.03. The van der Waals surface area contributed by atoms with Gasteiger partial charge in [0, 0.05) is 11.8 Å². The number of aromatic nitrogens is 5. The van der Waals surface area contributed by atoms with Crippen LogP contribution >= 0.6 is 0 Å². The van der Waals surface area contributed by atoms with Gasteiger partial charge in [0.25, 0.3) is 0 Å². The van der Waals surface area contributed by atoms with Gasteiger partial charge in [0.05, 0.1) is 19.3 Å². The lowest BCUT2D eigenvalue weighted by Crippen LogP contribution is -2.11. The Morgan fingerprint density at radius 1 is 1.15 bits per heavy atom. The van der Waals surface area contributed by atoms with Gasteiger partial charge in [-0.15, -0.1) is 5.10 Å². The van der Waals surface area contributed by atoms with Crippen molar-refractivity contribution in [3.8, 4) is 11.5 Å². The molecule has 8 nitrogen and oxygen atoms in total. The van der Waals surface area contributed by atoms with Gasteiger partial charge in [-0.1, -0.05) is 12.1 Å². The monoisotopic (exact) mass is 354 g/mol. The summed E-state index contributed by atoms with van der Waals surface area (Å²) in [7, 11) is 1.63. The molecule has 0 saturated carbocycles. The number of nitrogens with zero attached hydrogens (tertiary/aromatic N) is 5. The topological polar surface area (TPSA) is 101 Å². The summed E-state index contributed by atoms with van der Waals surface area (Å²) in [4.78, 5) is 8.39. The van der Waals surface area contributed by atoms with Crippen LogP contribution in [0.3, 0.4) is 0 Å². The summed E-state index contributed by atoms with van der Waals surface area (Å²) in [5.41, 5.74) is 8.60. The average Bonchev–Trinajstić information content (AvgIpc) is 3.04. The fourth-order valence-corrected chi connectivity index (χ4v) is 2.61. The van der Waals surface area contributed by atoms with Gasteiger partial charge in [-0.3, -0.25) is 0 Å². The maximum absolute atomic E-state index is 5.98. The van der Waals surface area contributed by atoms with Crippen LogP contribution in [-0.4, -0.2) is 32.1 Å². The van der Waals surface area contributed by atoms with E-state index in [1.807, 2.05) is 35.9 Å². The fourth-order valence-electron chi connectivity index (χ4n) is 2.61. The van der Waals surface area contributed by atoms with Crippen LogP contribution in [-0.2, 0) is 19.6 Å². The molecule has 0 saturated heterocycles. The van der Waals surface area contributed by atoms with Crippen molar-refractivity contribution in [2.45, 2.75) is 33.4 Å². The minimum atomic E-state index is 0.343. The summed E-state index contributed by atoms with van der Waals surface area (Å²) in [6.45, 7) is 4.68. The van der Waals surface area contributed by atoms with Crippen LogP contribution in [0.1, 0.15) is 29.7 Å². The quantitative estimate of drug-likeness (QED) is 0.694. The lowest BCUT2D eigenvalue weighted by molar-refractivity contribution is 0.299. The highest BCUT2D eigenvalue weighted by Crippen LogP contribution is 2.19. The molecule has 0 amide bonds. The largest absolute Gasteiger partial charge is 0.497 e. The van der Waals surface area contributed by atoms with Gasteiger partial charge in [-0.05, 0) is 37.6 Å². The zero-order chi connectivity index (χ0) is 18.5. The number of nitrogen functional groups attached to an aromatic ring is 1. The molecule has 1 aromatic carbocycles. The van der Waals surface area contributed by atoms with E-state index in [0.29, 0.717) is 24.8 Å². The van der Waals surface area contributed by atoms with Crippen LogP contribution < -0.4 is 15.2 Å². The molecule has 0 unspecified atom stereocenters. The first kappa shape index (κ1) is 17.7. The Hall–Kier alpha value is -3.16. The molecule has 0 aliphatic carbocycles. The Morgan fingerprint density at radius 3 is 2.54 bits per heavy atom. The first-order valence-corrected chi connectivity index (χ1v) is 8.36. The maximum atomic E-state index is 5.98. The van der Waals surface area contributed by atoms with Crippen molar-refractivity contribution in [3.63, 3.8) is 0 Å². The number of hydrogen-bond acceptors (Lipinski definition) is 7. The Morgan fingerprint density at radius 2 is 1.88 bits per heavy atom. The van der Waals surface area contributed by atoms with Crippen molar-refractivity contribution in [2.75, 3.05) is 12.8 Å². The van der Waals surface area contributed by atoms with E-state index < -0.39 is 0 Å². The zero-order valence-corrected chi connectivity index (χ0v) is 15.1. The molecule has 26 heavy (non-hydrogen) atoms. The predicted octanol–water partition coefficient (Wildman–Crippen LogP) is 2.16. The molecule has 3 aromatic rings. The molecule has 0 spiro atoms. The van der Waals surface area contributed by atoms with Crippen molar-refractivity contribution in [1.29, 1.82) is 0 Å². The molecule has 3 rings (SSSR count). The van der Waals surface area contributed by atoms with E-state index in [9.17, 15) is 0 Å². The van der Waals surface area contributed by atoms with Crippen molar-refractivity contribution in [2.24, 2.45) is 0 Å². The molecule has 2 aromatic heterocycles. The molecule has 0 aliphatic rings. The first-order chi connectivity index (χ1) is 12.6. The summed E-state index contributed by atoms with van der Waals surface area (Å²) in [5, 5.41) is 8.50. The maximum Gasteiger partial charge on any atom is 0.134 e. The van der Waals surface area contributed by atoms with Crippen LogP contribution in [0, 0.1) is 6.92 Å². The molecule has 8 heteroatoms. The molecule has 0 fully saturated rings. The van der Waals surface area contributed by atoms with Gasteiger partial charge < -0.3 is 15.2 Å². The smallest absolute Gasteiger partial charge is 0.134 e. The van der Waals surface area contributed by atoms with Crippen LogP contribution in [0.25, 0.3) is 0 Å². The molecular formula is C18H22N6O2. The van der Waals surface area contributed by atoms with E-state index in [1.165, 1.54) is 0 Å². The molecule has 2 N–H and O–H groups in total. The molecule has 0 atom stereocenters. The lowest BCUT2D eigenvalue weighted by Gasteiger charge is -2.09. The second-order valence-electron chi connectivity index (χ2n) is 5.79. The number of methoxy groups -OCH3 is 1. The number of anilines is 1. The predicted molar refractivity (Wildman–Crippen MR) is 97.0 cm³/mol. The minimum Gasteiger partial charge on any atom is -0.497 e. The fraction of sp³-hybridized carbons (Fsp3) is 0.333. The summed E-state index contributed by atoms with van der Waals surface area (Å²) in [6, 6.07) is 7.43. The molecule has 0 bridgehead atoms. The number of ether oxygens (including phenoxy) is 2. The SMILES string of the molecule is CCc1c(COc2ccc(OC)cc2)nnn1Cc1cnc(C)nc1N. The van der Waals surface area contributed by atoms with Crippen molar-refractivity contribution >= 4 is 5.82 Å². The summed E-state index contributed by atoms with van der Waals surface area (Å²) in [5.74, 6) is 2.65. The normalized spacial score (nSPS) is 10.7. The van der Waals surface area contributed by atoms with Gasteiger partial charge in [0.1, 0.15) is 35.4 Å². The van der Waals surface area contributed by atoms with Gasteiger partial charge >= 0.3 is 0 Å². The first-order valence-electron chi connectivity index (χ1n) is 8.36. The van der Waals surface area contributed by atoms with Gasteiger partial charge in [0.15, 0.2) is 0 Å². The van der Waals surface area contributed by atoms with Crippen molar-refractivity contribution < 1.29 is 9.47 Å². The van der Waals surface area contributed by atoms with Crippen molar-refractivity contribution in [3.05, 3.63) is 53.2 Å². The van der Waals surface area contributed by atoms with E-state index in [-0.39, 0.29) is 0 Å². The van der Waals surface area contributed by atoms with E-state index in [0.717, 1.165) is 34.9 Å². The Bertz CT molecular complexity index is 876. The Balaban J connectivity index is 1.72. The summed E-state index contributed by atoms with van der Waals surface area (Å²) >= 11 is 0. The molecule has 2 heterocycles. The molecule has 0 radical (unpaired) electrons. The van der Waals surface area contributed by atoms with Crippen LogP contribution in [0.5, 0.6) is 11.5 Å². The lowest BCUT2D eigenvalue weighted by atomic mass is 10.2. The van der Waals surface area contributed by atoms with Gasteiger partial charge in [0.2, 0.25) is 0 Å². The van der Waals surface area contributed by atoms with Gasteiger partial charge in [-0.2, -0.15) is 0 Å². The van der Waals surface area contributed by atoms with Crippen LogP contribution in [0.15, 0.2) is 30.5 Å². The number of nitrogens with two attached hydrogens (primary N) is 1. The highest BCUT2D eigenvalue weighted by molar-refractivity contribution is 5.37.